The third-order valence-corrected chi connectivity index (χ3v) is 3.32. The number of aryl methyl sites for hydroxylation is 1. The van der Waals surface area contributed by atoms with Crippen LogP contribution in [-0.4, -0.2) is 38.9 Å². The van der Waals surface area contributed by atoms with Crippen molar-refractivity contribution in [3.05, 3.63) is 23.5 Å². The SMILES string of the molecule is CCc1cc(C(=O)O)c2cnn(C3CNC3)c2n1. The molecule has 6 heteroatoms. The van der Waals surface area contributed by atoms with Crippen molar-refractivity contribution in [2.24, 2.45) is 0 Å². The number of nitrogens with one attached hydrogen (secondary N) is 1. The largest absolute Gasteiger partial charge is 0.478 e. The zero-order valence-corrected chi connectivity index (χ0v) is 10.1. The Morgan fingerprint density at radius 1 is 1.61 bits per heavy atom. The van der Waals surface area contributed by atoms with E-state index in [4.69, 9.17) is 0 Å². The molecule has 1 aliphatic rings. The predicted molar refractivity (Wildman–Crippen MR) is 65.8 cm³/mol. The molecule has 1 fully saturated rings. The number of carboxylic acids is 1. The van der Waals surface area contributed by atoms with Crippen molar-refractivity contribution in [2.45, 2.75) is 19.4 Å². The molecule has 0 atom stereocenters. The highest BCUT2D eigenvalue weighted by Gasteiger charge is 2.24. The van der Waals surface area contributed by atoms with E-state index in [9.17, 15) is 9.90 Å². The van der Waals surface area contributed by atoms with Crippen LogP contribution in [0.2, 0.25) is 0 Å². The second-order valence-corrected chi connectivity index (χ2v) is 4.46. The summed E-state index contributed by atoms with van der Waals surface area (Å²) < 4.78 is 1.83. The van der Waals surface area contributed by atoms with Crippen LogP contribution in [0.5, 0.6) is 0 Å². The number of aromatic nitrogens is 3. The molecule has 0 radical (unpaired) electrons. The quantitative estimate of drug-likeness (QED) is 0.838. The van der Waals surface area contributed by atoms with Gasteiger partial charge in [-0.2, -0.15) is 5.10 Å². The molecule has 0 bridgehead atoms. The van der Waals surface area contributed by atoms with Crippen molar-refractivity contribution >= 4 is 17.0 Å². The van der Waals surface area contributed by atoms with Crippen molar-refractivity contribution in [2.75, 3.05) is 13.1 Å². The lowest BCUT2D eigenvalue weighted by Gasteiger charge is -2.27. The van der Waals surface area contributed by atoms with E-state index in [-0.39, 0.29) is 11.6 Å². The van der Waals surface area contributed by atoms with E-state index in [0.29, 0.717) is 17.5 Å². The van der Waals surface area contributed by atoms with Crippen molar-refractivity contribution in [1.82, 2.24) is 20.1 Å². The number of aromatic carboxylic acids is 1. The van der Waals surface area contributed by atoms with Crippen LogP contribution in [0.15, 0.2) is 12.3 Å². The van der Waals surface area contributed by atoms with Gasteiger partial charge in [-0.25, -0.2) is 14.5 Å². The summed E-state index contributed by atoms with van der Waals surface area (Å²) in [5.74, 6) is -0.927. The number of carboxylic acid groups (broad SMARTS) is 1. The molecule has 0 spiro atoms. The van der Waals surface area contributed by atoms with Crippen molar-refractivity contribution in [3.63, 3.8) is 0 Å². The first-order valence-corrected chi connectivity index (χ1v) is 6.02. The van der Waals surface area contributed by atoms with Gasteiger partial charge in [-0.15, -0.1) is 0 Å². The van der Waals surface area contributed by atoms with E-state index in [1.165, 1.54) is 0 Å². The molecule has 0 amide bonds. The topological polar surface area (TPSA) is 80.0 Å². The van der Waals surface area contributed by atoms with Gasteiger partial charge in [0.05, 0.1) is 23.2 Å². The predicted octanol–water partition coefficient (Wildman–Crippen LogP) is 0.836. The number of hydrogen-bond acceptors (Lipinski definition) is 4. The third kappa shape index (κ3) is 1.57. The Kier molecular flexibility index (Phi) is 2.52. The summed E-state index contributed by atoms with van der Waals surface area (Å²) in [5.41, 5.74) is 1.75. The minimum atomic E-state index is -0.927. The van der Waals surface area contributed by atoms with Gasteiger partial charge in [0.25, 0.3) is 0 Å². The summed E-state index contributed by atoms with van der Waals surface area (Å²) in [5, 5.41) is 17.3. The standard InChI is InChI=1S/C12H14N4O2/c1-2-7-3-9(12(17)18)10-6-14-16(11(10)15-7)8-4-13-5-8/h3,6,8,13H,2,4-5H2,1H3,(H,17,18). The average molecular weight is 246 g/mol. The molecule has 2 aromatic rings. The molecule has 1 aliphatic heterocycles. The fourth-order valence-electron chi connectivity index (χ4n) is 2.14. The van der Waals surface area contributed by atoms with Crippen molar-refractivity contribution in [3.8, 4) is 0 Å². The van der Waals surface area contributed by atoms with Gasteiger partial charge >= 0.3 is 5.97 Å². The molecule has 3 rings (SSSR count). The molecular weight excluding hydrogens is 232 g/mol. The maximum atomic E-state index is 11.3. The highest BCUT2D eigenvalue weighted by Crippen LogP contribution is 2.23. The Hall–Kier alpha value is -1.95. The molecule has 0 aromatic carbocycles. The Labute approximate surface area is 104 Å². The van der Waals surface area contributed by atoms with Crippen molar-refractivity contribution < 1.29 is 9.90 Å². The maximum absolute atomic E-state index is 11.3. The Bertz CT molecular complexity index is 616. The Morgan fingerprint density at radius 2 is 2.39 bits per heavy atom. The fourth-order valence-corrected chi connectivity index (χ4v) is 2.14. The summed E-state index contributed by atoms with van der Waals surface area (Å²) in [6, 6.07) is 1.92. The van der Waals surface area contributed by atoms with E-state index in [1.807, 2.05) is 11.6 Å². The van der Waals surface area contributed by atoms with E-state index in [0.717, 1.165) is 18.8 Å². The van der Waals surface area contributed by atoms with Gasteiger partial charge in [-0.05, 0) is 12.5 Å². The van der Waals surface area contributed by atoms with Crippen LogP contribution in [0.4, 0.5) is 0 Å². The highest BCUT2D eigenvalue weighted by atomic mass is 16.4. The van der Waals surface area contributed by atoms with Crippen LogP contribution >= 0.6 is 0 Å². The molecule has 18 heavy (non-hydrogen) atoms. The fraction of sp³-hybridized carbons (Fsp3) is 0.417. The minimum Gasteiger partial charge on any atom is -0.478 e. The number of fused-ring (bicyclic) bond motifs is 1. The van der Waals surface area contributed by atoms with Gasteiger partial charge < -0.3 is 10.4 Å². The van der Waals surface area contributed by atoms with Crippen LogP contribution < -0.4 is 5.32 Å². The Morgan fingerprint density at radius 3 is 2.94 bits per heavy atom. The van der Waals surface area contributed by atoms with Crippen LogP contribution in [0, 0.1) is 0 Å². The molecular formula is C12H14N4O2. The molecule has 2 N–H and O–H groups in total. The molecule has 6 nitrogen and oxygen atoms in total. The van der Waals surface area contributed by atoms with E-state index < -0.39 is 5.97 Å². The highest BCUT2D eigenvalue weighted by molar-refractivity contribution is 6.01. The van der Waals surface area contributed by atoms with E-state index >= 15 is 0 Å². The summed E-state index contributed by atoms with van der Waals surface area (Å²) in [6.45, 7) is 3.68. The lowest BCUT2D eigenvalue weighted by molar-refractivity contribution is 0.0699. The number of rotatable bonds is 3. The van der Waals surface area contributed by atoms with Gasteiger partial charge in [0.15, 0.2) is 5.65 Å². The molecule has 3 heterocycles. The smallest absolute Gasteiger partial charge is 0.336 e. The molecule has 94 valence electrons. The summed E-state index contributed by atoms with van der Waals surface area (Å²) in [7, 11) is 0. The summed E-state index contributed by atoms with van der Waals surface area (Å²) >= 11 is 0. The molecule has 2 aromatic heterocycles. The molecule has 0 unspecified atom stereocenters. The maximum Gasteiger partial charge on any atom is 0.336 e. The first kappa shape index (κ1) is 11.2. The third-order valence-electron chi connectivity index (χ3n) is 3.32. The number of pyridine rings is 1. The molecule has 1 saturated heterocycles. The van der Waals surface area contributed by atoms with Crippen LogP contribution in [0.25, 0.3) is 11.0 Å². The Balaban J connectivity index is 2.23. The van der Waals surface area contributed by atoms with Crippen molar-refractivity contribution in [1.29, 1.82) is 0 Å². The zero-order chi connectivity index (χ0) is 12.7. The van der Waals surface area contributed by atoms with Gasteiger partial charge in [0.1, 0.15) is 0 Å². The lowest BCUT2D eigenvalue weighted by Crippen LogP contribution is -2.43. The first-order chi connectivity index (χ1) is 8.70. The number of carbonyl (C=O) groups is 1. The summed E-state index contributed by atoms with van der Waals surface area (Å²) in [6.07, 6.45) is 2.31. The van der Waals surface area contributed by atoms with Gasteiger partial charge in [0, 0.05) is 18.8 Å². The monoisotopic (exact) mass is 246 g/mol. The van der Waals surface area contributed by atoms with E-state index in [2.05, 4.69) is 15.4 Å². The van der Waals surface area contributed by atoms with E-state index in [1.54, 1.807) is 12.3 Å². The van der Waals surface area contributed by atoms with Gasteiger partial charge in [-0.3, -0.25) is 0 Å². The second-order valence-electron chi connectivity index (χ2n) is 4.46. The number of nitrogens with zero attached hydrogens (tertiary/aromatic N) is 3. The lowest BCUT2D eigenvalue weighted by atomic mass is 10.1. The van der Waals surface area contributed by atoms with Crippen LogP contribution in [-0.2, 0) is 6.42 Å². The average Bonchev–Trinajstić information content (AvgIpc) is 2.69. The molecule has 0 saturated carbocycles. The normalized spacial score (nSPS) is 15.8. The number of hydrogen-bond donors (Lipinski definition) is 2. The van der Waals surface area contributed by atoms with Gasteiger partial charge in [-0.1, -0.05) is 6.92 Å². The van der Waals surface area contributed by atoms with Crippen LogP contribution in [0.1, 0.15) is 29.0 Å². The van der Waals surface area contributed by atoms with Gasteiger partial charge in [0.2, 0.25) is 0 Å². The summed E-state index contributed by atoms with van der Waals surface area (Å²) in [4.78, 5) is 15.8. The minimum absolute atomic E-state index is 0.281. The molecule has 0 aliphatic carbocycles. The second kappa shape index (κ2) is 4.06. The zero-order valence-electron chi connectivity index (χ0n) is 10.1. The first-order valence-electron chi connectivity index (χ1n) is 6.02. The van der Waals surface area contributed by atoms with Crippen LogP contribution in [0.3, 0.4) is 0 Å².